The van der Waals surface area contributed by atoms with Gasteiger partial charge in [-0.1, -0.05) is 30.3 Å². The first kappa shape index (κ1) is 16.5. The molecule has 1 N–H and O–H groups in total. The third-order valence-corrected chi connectivity index (χ3v) is 3.88. The van der Waals surface area contributed by atoms with E-state index in [4.69, 9.17) is 4.74 Å². The highest BCUT2D eigenvalue weighted by atomic mass is 16.5. The topological polar surface area (TPSA) is 60.3 Å². The molecule has 1 aromatic heterocycles. The van der Waals surface area contributed by atoms with Gasteiger partial charge >= 0.3 is 5.97 Å². The lowest BCUT2D eigenvalue weighted by atomic mass is 10.1. The van der Waals surface area contributed by atoms with E-state index < -0.39 is 12.0 Å². The summed E-state index contributed by atoms with van der Waals surface area (Å²) < 4.78 is 6.76. The summed E-state index contributed by atoms with van der Waals surface area (Å²) in [4.78, 5) is 24.6. The van der Waals surface area contributed by atoms with E-state index in [0.717, 1.165) is 5.69 Å². The lowest BCUT2D eigenvalue weighted by Crippen LogP contribution is -2.34. The predicted octanol–water partition coefficient (Wildman–Crippen LogP) is 3.12. The van der Waals surface area contributed by atoms with Crippen LogP contribution in [0.4, 0.5) is 0 Å². The largest absolute Gasteiger partial charge is 0.467 e. The highest BCUT2D eigenvalue weighted by molar-refractivity contribution is 5.97. The Morgan fingerprint density at radius 1 is 0.920 bits per heavy atom. The standard InChI is InChI=1S/C20H18N2O3/c1-25-20(24)18(15-7-3-2-4-8-15)21-19(23)16-9-11-17(12-10-16)22-13-5-6-14-22/h2-14,18H,1H3,(H,21,23). The van der Waals surface area contributed by atoms with Gasteiger partial charge in [0.25, 0.3) is 5.91 Å². The average Bonchev–Trinajstić information content (AvgIpc) is 3.21. The summed E-state index contributed by atoms with van der Waals surface area (Å²) in [7, 11) is 1.30. The van der Waals surface area contributed by atoms with E-state index in [9.17, 15) is 9.59 Å². The van der Waals surface area contributed by atoms with Gasteiger partial charge in [0.1, 0.15) is 0 Å². The first-order valence-electron chi connectivity index (χ1n) is 7.86. The Balaban J connectivity index is 1.78. The minimum absolute atomic E-state index is 0.335. The summed E-state index contributed by atoms with van der Waals surface area (Å²) in [5.41, 5.74) is 2.10. The molecule has 1 atom stereocenters. The Bertz CT molecular complexity index is 840. The van der Waals surface area contributed by atoms with E-state index in [1.54, 1.807) is 24.3 Å². The van der Waals surface area contributed by atoms with Crippen LogP contribution >= 0.6 is 0 Å². The molecular weight excluding hydrogens is 316 g/mol. The van der Waals surface area contributed by atoms with Gasteiger partial charge in [0, 0.05) is 23.6 Å². The Morgan fingerprint density at radius 3 is 2.16 bits per heavy atom. The highest BCUT2D eigenvalue weighted by Gasteiger charge is 2.23. The summed E-state index contributed by atoms with van der Waals surface area (Å²) in [6, 6.07) is 19.2. The maximum absolute atomic E-state index is 12.5. The fourth-order valence-corrected chi connectivity index (χ4v) is 2.55. The van der Waals surface area contributed by atoms with Gasteiger partial charge < -0.3 is 14.6 Å². The first-order valence-corrected chi connectivity index (χ1v) is 7.86. The second-order valence-corrected chi connectivity index (χ2v) is 5.48. The zero-order valence-electron chi connectivity index (χ0n) is 13.8. The quantitative estimate of drug-likeness (QED) is 0.729. The van der Waals surface area contributed by atoms with E-state index >= 15 is 0 Å². The number of amides is 1. The number of carbonyl (C=O) groups is 2. The molecule has 0 spiro atoms. The number of esters is 1. The van der Waals surface area contributed by atoms with Gasteiger partial charge in [0.2, 0.25) is 0 Å². The first-order chi connectivity index (χ1) is 12.2. The molecule has 1 heterocycles. The smallest absolute Gasteiger partial charge is 0.333 e. The number of nitrogens with zero attached hydrogens (tertiary/aromatic N) is 1. The van der Waals surface area contributed by atoms with E-state index in [1.807, 2.05) is 59.4 Å². The lowest BCUT2D eigenvalue weighted by molar-refractivity contribution is -0.143. The van der Waals surface area contributed by atoms with Crippen LogP contribution in [-0.2, 0) is 9.53 Å². The van der Waals surface area contributed by atoms with E-state index in [2.05, 4.69) is 5.32 Å². The number of hydrogen-bond donors (Lipinski definition) is 1. The van der Waals surface area contributed by atoms with Crippen LogP contribution in [-0.4, -0.2) is 23.6 Å². The number of rotatable bonds is 5. The van der Waals surface area contributed by atoms with Crippen molar-refractivity contribution in [3.05, 3.63) is 90.3 Å². The van der Waals surface area contributed by atoms with E-state index in [-0.39, 0.29) is 5.91 Å². The van der Waals surface area contributed by atoms with Gasteiger partial charge in [-0.05, 0) is 42.0 Å². The lowest BCUT2D eigenvalue weighted by Gasteiger charge is -2.17. The minimum Gasteiger partial charge on any atom is -0.467 e. The zero-order valence-corrected chi connectivity index (χ0v) is 13.8. The number of hydrogen-bond acceptors (Lipinski definition) is 3. The molecule has 1 amide bonds. The summed E-state index contributed by atoms with van der Waals surface area (Å²) in [6.07, 6.45) is 3.86. The average molecular weight is 334 g/mol. The molecule has 5 heteroatoms. The molecule has 0 saturated heterocycles. The van der Waals surface area contributed by atoms with Crippen molar-refractivity contribution < 1.29 is 14.3 Å². The van der Waals surface area contributed by atoms with Crippen LogP contribution in [0.15, 0.2) is 79.1 Å². The van der Waals surface area contributed by atoms with Gasteiger partial charge in [-0.2, -0.15) is 0 Å². The fraction of sp³-hybridized carbons (Fsp3) is 0.100. The molecule has 0 fully saturated rings. The second kappa shape index (κ2) is 7.49. The third kappa shape index (κ3) is 3.77. The Morgan fingerprint density at radius 2 is 1.56 bits per heavy atom. The van der Waals surface area contributed by atoms with Crippen LogP contribution in [0.2, 0.25) is 0 Å². The third-order valence-electron chi connectivity index (χ3n) is 3.88. The van der Waals surface area contributed by atoms with Crippen molar-refractivity contribution >= 4 is 11.9 Å². The van der Waals surface area contributed by atoms with E-state index in [0.29, 0.717) is 11.1 Å². The molecule has 5 nitrogen and oxygen atoms in total. The van der Waals surface area contributed by atoms with Crippen LogP contribution < -0.4 is 5.32 Å². The molecule has 2 aromatic carbocycles. The molecule has 0 radical (unpaired) electrons. The van der Waals surface area contributed by atoms with Crippen LogP contribution in [0.3, 0.4) is 0 Å². The van der Waals surface area contributed by atoms with Crippen molar-refractivity contribution in [1.82, 2.24) is 9.88 Å². The molecule has 3 aromatic rings. The van der Waals surface area contributed by atoms with Crippen molar-refractivity contribution in [3.63, 3.8) is 0 Å². The molecule has 0 saturated carbocycles. The maximum Gasteiger partial charge on any atom is 0.333 e. The number of methoxy groups -OCH3 is 1. The fourth-order valence-electron chi connectivity index (χ4n) is 2.55. The predicted molar refractivity (Wildman–Crippen MR) is 94.4 cm³/mol. The summed E-state index contributed by atoms with van der Waals surface area (Å²) in [5, 5.41) is 2.73. The molecule has 0 aliphatic carbocycles. The van der Waals surface area contributed by atoms with E-state index in [1.165, 1.54) is 7.11 Å². The van der Waals surface area contributed by atoms with Gasteiger partial charge in [-0.25, -0.2) is 4.79 Å². The SMILES string of the molecule is COC(=O)C(NC(=O)c1ccc(-n2cccc2)cc1)c1ccccc1. The highest BCUT2D eigenvalue weighted by Crippen LogP contribution is 2.16. The number of nitrogens with one attached hydrogen (secondary N) is 1. The van der Waals surface area contributed by atoms with Crippen molar-refractivity contribution in [3.8, 4) is 5.69 Å². The molecule has 126 valence electrons. The van der Waals surface area contributed by atoms with Crippen LogP contribution in [0.1, 0.15) is 22.0 Å². The molecule has 3 rings (SSSR count). The minimum atomic E-state index is -0.845. The number of aromatic nitrogens is 1. The number of ether oxygens (including phenoxy) is 1. The van der Waals surface area contributed by atoms with Crippen molar-refractivity contribution in [2.75, 3.05) is 7.11 Å². The van der Waals surface area contributed by atoms with Gasteiger partial charge in [-0.3, -0.25) is 4.79 Å². The van der Waals surface area contributed by atoms with Crippen LogP contribution in [0, 0.1) is 0 Å². The molecule has 0 bridgehead atoms. The zero-order chi connectivity index (χ0) is 17.6. The Hall–Kier alpha value is -3.34. The second-order valence-electron chi connectivity index (χ2n) is 5.48. The van der Waals surface area contributed by atoms with Crippen molar-refractivity contribution in [2.24, 2.45) is 0 Å². The van der Waals surface area contributed by atoms with Gasteiger partial charge in [0.15, 0.2) is 6.04 Å². The van der Waals surface area contributed by atoms with Gasteiger partial charge in [-0.15, -0.1) is 0 Å². The number of benzene rings is 2. The van der Waals surface area contributed by atoms with Gasteiger partial charge in [0.05, 0.1) is 7.11 Å². The van der Waals surface area contributed by atoms with Crippen molar-refractivity contribution in [2.45, 2.75) is 6.04 Å². The van der Waals surface area contributed by atoms with Crippen LogP contribution in [0.25, 0.3) is 5.69 Å². The Kier molecular flexibility index (Phi) is 4.95. The molecule has 1 unspecified atom stereocenters. The maximum atomic E-state index is 12.5. The summed E-state index contributed by atoms with van der Waals surface area (Å²) >= 11 is 0. The molecular formula is C20H18N2O3. The number of carbonyl (C=O) groups excluding carboxylic acids is 2. The normalized spacial score (nSPS) is 11.6. The Labute approximate surface area is 145 Å². The molecule has 0 aliphatic heterocycles. The monoisotopic (exact) mass is 334 g/mol. The van der Waals surface area contributed by atoms with Crippen LogP contribution in [0.5, 0.6) is 0 Å². The molecule has 0 aliphatic rings. The molecule has 25 heavy (non-hydrogen) atoms. The summed E-state index contributed by atoms with van der Waals surface area (Å²) in [5.74, 6) is -0.846. The summed E-state index contributed by atoms with van der Waals surface area (Å²) in [6.45, 7) is 0. The van der Waals surface area contributed by atoms with Crippen molar-refractivity contribution in [1.29, 1.82) is 0 Å².